The van der Waals surface area contributed by atoms with Gasteiger partial charge in [0.15, 0.2) is 0 Å². The van der Waals surface area contributed by atoms with Gasteiger partial charge in [-0.15, -0.1) is 0 Å². The van der Waals surface area contributed by atoms with Crippen LogP contribution in [0.25, 0.3) is 0 Å². The Morgan fingerprint density at radius 1 is 0.917 bits per heavy atom. The van der Waals surface area contributed by atoms with E-state index in [1.54, 1.807) is 69.7 Å². The van der Waals surface area contributed by atoms with Crippen molar-refractivity contribution in [2.75, 3.05) is 14.2 Å². The molecule has 0 aromatic heterocycles. The third-order valence-corrected chi connectivity index (χ3v) is 4.84. The van der Waals surface area contributed by atoms with Crippen LogP contribution in [0, 0.1) is 5.41 Å². The van der Waals surface area contributed by atoms with Gasteiger partial charge in [-0.2, -0.15) is 0 Å². The number of hydrogen-bond acceptors (Lipinski definition) is 4. The minimum absolute atomic E-state index is 0.491. The topological polar surface area (TPSA) is 55.8 Å². The molecule has 2 rings (SSSR count). The average Bonchev–Trinajstić information content (AvgIpc) is 2.66. The number of rotatable bonds is 7. The molecule has 0 saturated heterocycles. The lowest BCUT2D eigenvalue weighted by molar-refractivity contribution is -0.129. The van der Waals surface area contributed by atoms with Gasteiger partial charge in [0.25, 0.3) is 0 Å². The van der Waals surface area contributed by atoms with Crippen molar-refractivity contribution in [1.82, 2.24) is 0 Å². The Morgan fingerprint density at radius 3 is 1.54 bits per heavy atom. The number of aldehydes is 1. The van der Waals surface area contributed by atoms with E-state index >= 15 is 0 Å². The Kier molecular flexibility index (Phi) is 5.30. The zero-order chi connectivity index (χ0) is 17.8. The molecule has 128 valence electrons. The van der Waals surface area contributed by atoms with Crippen molar-refractivity contribution in [2.24, 2.45) is 5.41 Å². The fraction of sp³-hybridized carbons (Fsp3) is 0.350. The summed E-state index contributed by atoms with van der Waals surface area (Å²) in [6.07, 6.45) is 1.33. The first-order valence-electron chi connectivity index (χ1n) is 7.93. The summed E-state index contributed by atoms with van der Waals surface area (Å²) in [7, 11) is 3.18. The Morgan fingerprint density at radius 2 is 1.29 bits per heavy atom. The summed E-state index contributed by atoms with van der Waals surface area (Å²) in [4.78, 5) is 11.9. The van der Waals surface area contributed by atoms with Crippen molar-refractivity contribution in [3.63, 3.8) is 0 Å². The lowest BCUT2D eigenvalue weighted by atomic mass is 9.65. The van der Waals surface area contributed by atoms with Crippen LogP contribution in [0.2, 0.25) is 0 Å². The second-order valence-corrected chi connectivity index (χ2v) is 6.06. The molecule has 24 heavy (non-hydrogen) atoms. The number of methoxy groups -OCH3 is 2. The highest BCUT2D eigenvalue weighted by Crippen LogP contribution is 2.46. The first-order valence-corrected chi connectivity index (χ1v) is 7.93. The van der Waals surface area contributed by atoms with Crippen LogP contribution >= 0.6 is 0 Å². The van der Waals surface area contributed by atoms with Crippen molar-refractivity contribution in [2.45, 2.75) is 25.9 Å². The fourth-order valence-electron chi connectivity index (χ4n) is 2.92. The van der Waals surface area contributed by atoms with Gasteiger partial charge in [-0.25, -0.2) is 0 Å². The average molecular weight is 328 g/mol. The lowest BCUT2D eigenvalue weighted by Gasteiger charge is -2.42. The zero-order valence-corrected chi connectivity index (χ0v) is 14.6. The van der Waals surface area contributed by atoms with Crippen LogP contribution in [0.4, 0.5) is 0 Å². The number of benzene rings is 2. The van der Waals surface area contributed by atoms with Gasteiger partial charge in [-0.1, -0.05) is 31.2 Å². The van der Waals surface area contributed by atoms with Crippen molar-refractivity contribution >= 4 is 6.29 Å². The first-order chi connectivity index (χ1) is 11.4. The molecule has 0 amide bonds. The Labute approximate surface area is 143 Å². The van der Waals surface area contributed by atoms with Gasteiger partial charge in [0.1, 0.15) is 23.4 Å². The van der Waals surface area contributed by atoms with E-state index in [1.165, 1.54) is 0 Å². The minimum atomic E-state index is -1.46. The summed E-state index contributed by atoms with van der Waals surface area (Å²) >= 11 is 0. The molecule has 0 aliphatic heterocycles. The molecule has 0 bridgehead atoms. The monoisotopic (exact) mass is 328 g/mol. The zero-order valence-electron chi connectivity index (χ0n) is 14.6. The van der Waals surface area contributed by atoms with Crippen molar-refractivity contribution in [1.29, 1.82) is 0 Å². The second kappa shape index (κ2) is 7.05. The van der Waals surface area contributed by atoms with Crippen LogP contribution in [0.1, 0.15) is 31.4 Å². The van der Waals surface area contributed by atoms with E-state index < -0.39 is 11.0 Å². The van der Waals surface area contributed by atoms with Crippen LogP contribution < -0.4 is 9.47 Å². The van der Waals surface area contributed by atoms with E-state index in [4.69, 9.17) is 9.47 Å². The molecule has 1 N–H and O–H groups in total. The summed E-state index contributed by atoms with van der Waals surface area (Å²) in [6, 6.07) is 14.3. The lowest BCUT2D eigenvalue weighted by Crippen LogP contribution is -2.45. The summed E-state index contributed by atoms with van der Waals surface area (Å²) in [6.45, 7) is 3.67. The maximum absolute atomic E-state index is 11.9. The Hall–Kier alpha value is -2.33. The number of ether oxygens (including phenoxy) is 2. The molecule has 2 aromatic rings. The summed E-state index contributed by atoms with van der Waals surface area (Å²) < 4.78 is 10.4. The molecule has 2 aromatic carbocycles. The van der Waals surface area contributed by atoms with E-state index in [0.29, 0.717) is 29.0 Å². The summed E-state index contributed by atoms with van der Waals surface area (Å²) in [5, 5.41) is 11.7. The van der Waals surface area contributed by atoms with Crippen LogP contribution in [0.3, 0.4) is 0 Å². The predicted octanol–water partition coefficient (Wildman–Crippen LogP) is 3.55. The molecule has 0 aliphatic carbocycles. The number of carbonyl (C=O) groups is 1. The third-order valence-electron chi connectivity index (χ3n) is 4.84. The molecule has 0 spiro atoms. The third kappa shape index (κ3) is 2.89. The molecule has 0 radical (unpaired) electrons. The second-order valence-electron chi connectivity index (χ2n) is 6.06. The van der Waals surface area contributed by atoms with Crippen LogP contribution in [-0.4, -0.2) is 25.6 Å². The highest BCUT2D eigenvalue weighted by molar-refractivity contribution is 5.65. The molecule has 0 heterocycles. The highest BCUT2D eigenvalue weighted by atomic mass is 16.5. The van der Waals surface area contributed by atoms with Crippen LogP contribution in [-0.2, 0) is 10.4 Å². The number of carbonyl (C=O) groups excluding carboxylic acids is 1. The first kappa shape index (κ1) is 18.0. The van der Waals surface area contributed by atoms with Gasteiger partial charge in [0, 0.05) is 0 Å². The van der Waals surface area contributed by atoms with Crippen molar-refractivity contribution in [3.05, 3.63) is 59.7 Å². The Bertz CT molecular complexity index is 628. The molecular formula is C20H24O4. The van der Waals surface area contributed by atoms with Gasteiger partial charge >= 0.3 is 0 Å². The van der Waals surface area contributed by atoms with E-state index in [2.05, 4.69) is 0 Å². The van der Waals surface area contributed by atoms with Gasteiger partial charge in [-0.3, -0.25) is 0 Å². The summed E-state index contributed by atoms with van der Waals surface area (Å²) in [5.41, 5.74) is -1.15. The normalized spacial score (nSPS) is 13.9. The maximum Gasteiger partial charge on any atom is 0.129 e. The standard InChI is InChI=1S/C20H24O4/c1-5-19(2,14-21)20(22,15-6-10-17(23-3)11-7-15)16-8-12-18(24-4)13-9-16/h6-14,22H,5H2,1-4H3. The van der Waals surface area contributed by atoms with E-state index in [1.807, 2.05) is 6.92 Å². The smallest absolute Gasteiger partial charge is 0.129 e. The minimum Gasteiger partial charge on any atom is -0.497 e. The van der Waals surface area contributed by atoms with E-state index in [0.717, 1.165) is 6.29 Å². The number of hydrogen-bond donors (Lipinski definition) is 1. The van der Waals surface area contributed by atoms with Gasteiger partial charge < -0.3 is 19.4 Å². The van der Waals surface area contributed by atoms with Crippen LogP contribution in [0.15, 0.2) is 48.5 Å². The molecule has 4 nitrogen and oxygen atoms in total. The van der Waals surface area contributed by atoms with E-state index in [-0.39, 0.29) is 0 Å². The van der Waals surface area contributed by atoms with E-state index in [9.17, 15) is 9.90 Å². The molecular weight excluding hydrogens is 304 g/mol. The Balaban J connectivity index is 2.65. The van der Waals surface area contributed by atoms with Crippen molar-refractivity contribution in [3.8, 4) is 11.5 Å². The maximum atomic E-state index is 11.9. The SMILES string of the molecule is CCC(C)(C=O)C(O)(c1ccc(OC)cc1)c1ccc(OC)cc1. The largest absolute Gasteiger partial charge is 0.497 e. The molecule has 1 atom stereocenters. The molecule has 1 unspecified atom stereocenters. The van der Waals surface area contributed by atoms with Crippen LogP contribution in [0.5, 0.6) is 11.5 Å². The fourth-order valence-corrected chi connectivity index (χ4v) is 2.92. The highest BCUT2D eigenvalue weighted by Gasteiger charge is 2.48. The molecule has 0 fully saturated rings. The van der Waals surface area contributed by atoms with Gasteiger partial charge in [-0.05, 0) is 48.7 Å². The molecule has 4 heteroatoms. The van der Waals surface area contributed by atoms with Gasteiger partial charge in [0.05, 0.1) is 19.6 Å². The molecule has 0 aliphatic rings. The quantitative estimate of drug-likeness (QED) is 0.790. The summed E-state index contributed by atoms with van der Waals surface area (Å²) in [5.74, 6) is 1.39. The molecule has 0 saturated carbocycles. The van der Waals surface area contributed by atoms with Gasteiger partial charge in [0.2, 0.25) is 0 Å². The predicted molar refractivity (Wildman–Crippen MR) is 93.4 cm³/mol. The number of aliphatic hydroxyl groups is 1. The van der Waals surface area contributed by atoms with Crippen molar-refractivity contribution < 1.29 is 19.4 Å².